The summed E-state index contributed by atoms with van der Waals surface area (Å²) in [5.74, 6) is 0. The van der Waals surface area contributed by atoms with Crippen LogP contribution in [0.5, 0.6) is 0 Å². The maximum atomic E-state index is 6.03. The summed E-state index contributed by atoms with van der Waals surface area (Å²) in [7, 11) is 0. The van der Waals surface area contributed by atoms with E-state index in [9.17, 15) is 0 Å². The fourth-order valence-electron chi connectivity index (χ4n) is 2.47. The molecule has 2 atom stereocenters. The zero-order valence-corrected chi connectivity index (χ0v) is 9.92. The summed E-state index contributed by atoms with van der Waals surface area (Å²) in [6.07, 6.45) is 7.19. The number of nitrogens with zero attached hydrogens (tertiary/aromatic N) is 4. The summed E-state index contributed by atoms with van der Waals surface area (Å²) in [5, 5.41) is 4.12. The second kappa shape index (κ2) is 5.41. The molecule has 1 saturated heterocycles. The summed E-state index contributed by atoms with van der Waals surface area (Å²) in [5.41, 5.74) is 6.03. The number of piperidine rings is 1. The summed E-state index contributed by atoms with van der Waals surface area (Å²) in [4.78, 5) is 6.44. The van der Waals surface area contributed by atoms with E-state index in [0.29, 0.717) is 6.04 Å². The Bertz CT molecular complexity index is 295. The first-order valence-corrected chi connectivity index (χ1v) is 6.09. The molecule has 0 radical (unpaired) electrons. The minimum absolute atomic E-state index is 0.260. The van der Waals surface area contributed by atoms with Gasteiger partial charge < -0.3 is 5.73 Å². The quantitative estimate of drug-likeness (QED) is 0.806. The van der Waals surface area contributed by atoms with Crippen LogP contribution >= 0.6 is 0 Å². The number of nitrogens with two attached hydrogens (primary N) is 1. The van der Waals surface area contributed by atoms with Crippen molar-refractivity contribution in [2.75, 3.05) is 13.1 Å². The molecule has 0 spiro atoms. The lowest BCUT2D eigenvalue weighted by Crippen LogP contribution is -2.50. The Morgan fingerprint density at radius 2 is 2.31 bits per heavy atom. The highest BCUT2D eigenvalue weighted by Crippen LogP contribution is 2.18. The topological polar surface area (TPSA) is 60.0 Å². The summed E-state index contributed by atoms with van der Waals surface area (Å²) < 4.78 is 1.88. The molecule has 0 amide bonds. The van der Waals surface area contributed by atoms with Crippen LogP contribution in [0.25, 0.3) is 0 Å². The Morgan fingerprint density at radius 3 is 3.00 bits per heavy atom. The average Bonchev–Trinajstić information content (AvgIpc) is 2.79. The van der Waals surface area contributed by atoms with Gasteiger partial charge in [-0.25, -0.2) is 4.98 Å². The van der Waals surface area contributed by atoms with Gasteiger partial charge in [-0.3, -0.25) is 9.58 Å². The van der Waals surface area contributed by atoms with Gasteiger partial charge in [0.1, 0.15) is 12.7 Å². The third-order valence-corrected chi connectivity index (χ3v) is 3.35. The van der Waals surface area contributed by atoms with Crippen molar-refractivity contribution in [3.8, 4) is 0 Å². The molecular formula is C11H21N5. The molecule has 1 aromatic heterocycles. The minimum atomic E-state index is 0.260. The van der Waals surface area contributed by atoms with Crippen molar-refractivity contribution in [3.63, 3.8) is 0 Å². The van der Waals surface area contributed by atoms with E-state index in [1.54, 1.807) is 12.7 Å². The van der Waals surface area contributed by atoms with Gasteiger partial charge in [0.25, 0.3) is 0 Å². The van der Waals surface area contributed by atoms with Crippen LogP contribution in [0.3, 0.4) is 0 Å². The maximum Gasteiger partial charge on any atom is 0.137 e. The molecule has 2 unspecified atom stereocenters. The van der Waals surface area contributed by atoms with Crippen molar-refractivity contribution in [1.29, 1.82) is 0 Å². The van der Waals surface area contributed by atoms with E-state index in [1.165, 1.54) is 25.8 Å². The molecule has 1 fully saturated rings. The van der Waals surface area contributed by atoms with Crippen molar-refractivity contribution in [2.45, 2.75) is 44.8 Å². The monoisotopic (exact) mass is 223 g/mol. The Kier molecular flexibility index (Phi) is 3.90. The molecule has 1 aliphatic heterocycles. The van der Waals surface area contributed by atoms with Gasteiger partial charge in [-0.1, -0.05) is 6.42 Å². The SMILES string of the molecule is CC(N)C1CCCCN1CCn1cncn1. The molecule has 0 bridgehead atoms. The predicted molar refractivity (Wildman–Crippen MR) is 62.9 cm³/mol. The van der Waals surface area contributed by atoms with Crippen molar-refractivity contribution in [3.05, 3.63) is 12.7 Å². The first kappa shape index (κ1) is 11.5. The largest absolute Gasteiger partial charge is 0.327 e. The van der Waals surface area contributed by atoms with E-state index in [0.717, 1.165) is 13.1 Å². The third kappa shape index (κ3) is 2.80. The molecule has 0 saturated carbocycles. The van der Waals surface area contributed by atoms with Crippen molar-refractivity contribution in [1.82, 2.24) is 19.7 Å². The van der Waals surface area contributed by atoms with Crippen LogP contribution in [-0.2, 0) is 6.54 Å². The van der Waals surface area contributed by atoms with Crippen LogP contribution in [0.15, 0.2) is 12.7 Å². The maximum absolute atomic E-state index is 6.03. The van der Waals surface area contributed by atoms with Crippen LogP contribution in [0.4, 0.5) is 0 Å². The number of likely N-dealkylation sites (tertiary alicyclic amines) is 1. The van der Waals surface area contributed by atoms with Gasteiger partial charge in [-0.05, 0) is 26.3 Å². The van der Waals surface area contributed by atoms with Gasteiger partial charge in [0.15, 0.2) is 0 Å². The van der Waals surface area contributed by atoms with E-state index in [1.807, 2.05) is 4.68 Å². The zero-order valence-electron chi connectivity index (χ0n) is 9.92. The van der Waals surface area contributed by atoms with Crippen molar-refractivity contribution >= 4 is 0 Å². The Balaban J connectivity index is 1.86. The normalized spacial score (nSPS) is 24.5. The smallest absolute Gasteiger partial charge is 0.137 e. The molecule has 2 N–H and O–H groups in total. The molecule has 1 aromatic rings. The number of hydrogen-bond donors (Lipinski definition) is 1. The highest BCUT2D eigenvalue weighted by atomic mass is 15.3. The summed E-state index contributed by atoms with van der Waals surface area (Å²) in [6, 6.07) is 0.799. The van der Waals surface area contributed by atoms with Crippen LogP contribution in [-0.4, -0.2) is 44.8 Å². The molecule has 90 valence electrons. The van der Waals surface area contributed by atoms with E-state index in [-0.39, 0.29) is 6.04 Å². The molecule has 2 rings (SSSR count). The first-order valence-electron chi connectivity index (χ1n) is 6.09. The number of aromatic nitrogens is 3. The van der Waals surface area contributed by atoms with Crippen LogP contribution in [0.2, 0.25) is 0 Å². The van der Waals surface area contributed by atoms with Gasteiger partial charge in [0, 0.05) is 18.6 Å². The summed E-state index contributed by atoms with van der Waals surface area (Å²) >= 11 is 0. The Labute approximate surface area is 96.6 Å². The second-order valence-electron chi connectivity index (χ2n) is 4.62. The van der Waals surface area contributed by atoms with E-state index in [2.05, 4.69) is 21.9 Å². The fraction of sp³-hybridized carbons (Fsp3) is 0.818. The van der Waals surface area contributed by atoms with Gasteiger partial charge in [0.05, 0.1) is 6.54 Å². The fourth-order valence-corrected chi connectivity index (χ4v) is 2.47. The zero-order chi connectivity index (χ0) is 11.4. The highest BCUT2D eigenvalue weighted by Gasteiger charge is 2.24. The van der Waals surface area contributed by atoms with Crippen LogP contribution < -0.4 is 5.73 Å². The van der Waals surface area contributed by atoms with Gasteiger partial charge in [-0.15, -0.1) is 0 Å². The van der Waals surface area contributed by atoms with Crippen molar-refractivity contribution in [2.24, 2.45) is 5.73 Å². The molecule has 5 heteroatoms. The molecular weight excluding hydrogens is 202 g/mol. The lowest BCUT2D eigenvalue weighted by atomic mass is 9.97. The molecule has 2 heterocycles. The Morgan fingerprint density at radius 1 is 1.44 bits per heavy atom. The molecule has 0 aromatic carbocycles. The lowest BCUT2D eigenvalue weighted by molar-refractivity contribution is 0.124. The van der Waals surface area contributed by atoms with Gasteiger partial charge in [0.2, 0.25) is 0 Å². The highest BCUT2D eigenvalue weighted by molar-refractivity contribution is 4.82. The molecule has 16 heavy (non-hydrogen) atoms. The summed E-state index contributed by atoms with van der Waals surface area (Å²) in [6.45, 7) is 5.21. The second-order valence-corrected chi connectivity index (χ2v) is 4.62. The van der Waals surface area contributed by atoms with Gasteiger partial charge >= 0.3 is 0 Å². The molecule has 0 aliphatic carbocycles. The molecule has 5 nitrogen and oxygen atoms in total. The van der Waals surface area contributed by atoms with Crippen LogP contribution in [0, 0.1) is 0 Å². The van der Waals surface area contributed by atoms with E-state index in [4.69, 9.17) is 5.73 Å². The Hall–Kier alpha value is -0.940. The third-order valence-electron chi connectivity index (χ3n) is 3.35. The number of hydrogen-bond acceptors (Lipinski definition) is 4. The molecule has 1 aliphatic rings. The van der Waals surface area contributed by atoms with E-state index < -0.39 is 0 Å². The van der Waals surface area contributed by atoms with E-state index >= 15 is 0 Å². The van der Waals surface area contributed by atoms with Crippen LogP contribution in [0.1, 0.15) is 26.2 Å². The first-order chi connectivity index (χ1) is 7.77. The predicted octanol–water partition coefficient (Wildman–Crippen LogP) is 0.480. The lowest BCUT2D eigenvalue weighted by Gasteiger charge is -2.37. The number of rotatable bonds is 4. The standard InChI is InChI=1S/C11H21N5/c1-10(12)11-4-2-3-5-15(11)6-7-16-9-13-8-14-16/h8-11H,2-7,12H2,1H3. The minimum Gasteiger partial charge on any atom is -0.327 e. The average molecular weight is 223 g/mol. The van der Waals surface area contributed by atoms with Crippen molar-refractivity contribution < 1.29 is 0 Å². The van der Waals surface area contributed by atoms with Gasteiger partial charge in [-0.2, -0.15) is 5.10 Å².